The Morgan fingerprint density at radius 1 is 1.23 bits per heavy atom. The molecule has 3 rings (SSSR count). The van der Waals surface area contributed by atoms with E-state index in [0.717, 1.165) is 27.7 Å². The minimum atomic E-state index is -0.161. The average Bonchev–Trinajstić information content (AvgIpc) is 2.99. The van der Waals surface area contributed by atoms with Crippen LogP contribution in [0.1, 0.15) is 23.1 Å². The van der Waals surface area contributed by atoms with Crippen molar-refractivity contribution in [2.75, 3.05) is 5.32 Å². The summed E-state index contributed by atoms with van der Waals surface area (Å²) < 4.78 is 2.06. The number of nitriles is 1. The maximum absolute atomic E-state index is 12.3. The summed E-state index contributed by atoms with van der Waals surface area (Å²) in [4.78, 5) is 12.3. The van der Waals surface area contributed by atoms with Crippen molar-refractivity contribution in [3.05, 3.63) is 71.4 Å². The fourth-order valence-electron chi connectivity index (χ4n) is 3.06. The van der Waals surface area contributed by atoms with Crippen molar-refractivity contribution >= 4 is 28.6 Å². The minimum absolute atomic E-state index is 0.161. The van der Waals surface area contributed by atoms with Crippen molar-refractivity contribution in [1.29, 1.82) is 5.26 Å². The molecule has 1 aromatic heterocycles. The average molecular weight is 343 g/mol. The van der Waals surface area contributed by atoms with E-state index in [9.17, 15) is 4.79 Å². The smallest absolute Gasteiger partial charge is 0.248 e. The molecular weight excluding hydrogens is 322 g/mol. The van der Waals surface area contributed by atoms with Crippen LogP contribution in [0.2, 0.25) is 0 Å². The van der Waals surface area contributed by atoms with Gasteiger partial charge in [0, 0.05) is 41.0 Å². The van der Waals surface area contributed by atoms with E-state index in [1.807, 2.05) is 68.6 Å². The Hall–Kier alpha value is -3.32. The number of benzene rings is 2. The van der Waals surface area contributed by atoms with Gasteiger partial charge in [-0.05, 0) is 37.6 Å². The highest BCUT2D eigenvalue weighted by molar-refractivity contribution is 6.03. The quantitative estimate of drug-likeness (QED) is 0.675. The normalized spacial score (nSPS) is 11.0. The fourth-order valence-corrected chi connectivity index (χ4v) is 3.06. The van der Waals surface area contributed by atoms with Crippen LogP contribution in [0, 0.1) is 25.2 Å². The maximum Gasteiger partial charge on any atom is 0.248 e. The van der Waals surface area contributed by atoms with Gasteiger partial charge in [0.2, 0.25) is 5.91 Å². The lowest BCUT2D eigenvalue weighted by Crippen LogP contribution is -2.08. The van der Waals surface area contributed by atoms with Crippen molar-refractivity contribution in [1.82, 2.24) is 4.57 Å². The summed E-state index contributed by atoms with van der Waals surface area (Å²) in [5.41, 5.74) is 5.06. The van der Waals surface area contributed by atoms with Crippen molar-refractivity contribution in [2.45, 2.75) is 26.8 Å². The van der Waals surface area contributed by atoms with Crippen LogP contribution in [0.5, 0.6) is 0 Å². The predicted molar refractivity (Wildman–Crippen MR) is 106 cm³/mol. The molecule has 26 heavy (non-hydrogen) atoms. The van der Waals surface area contributed by atoms with E-state index in [0.29, 0.717) is 13.0 Å². The number of rotatable bonds is 5. The van der Waals surface area contributed by atoms with Crippen LogP contribution in [0.4, 0.5) is 5.69 Å². The van der Waals surface area contributed by atoms with E-state index < -0.39 is 0 Å². The zero-order chi connectivity index (χ0) is 18.5. The number of para-hydroxylation sites is 1. The Bertz CT molecular complexity index is 1020. The SMILES string of the molecule is Cc1ccc(NC(=O)/C=C/c2cn(CCC#N)c3ccccc23)c(C)c1. The molecule has 3 aromatic rings. The second kappa shape index (κ2) is 7.71. The molecule has 0 aliphatic carbocycles. The molecule has 0 radical (unpaired) electrons. The first-order valence-electron chi connectivity index (χ1n) is 8.59. The molecule has 130 valence electrons. The minimum Gasteiger partial charge on any atom is -0.346 e. The molecule has 0 saturated heterocycles. The third kappa shape index (κ3) is 3.84. The molecule has 0 bridgehead atoms. The summed E-state index contributed by atoms with van der Waals surface area (Å²) >= 11 is 0. The first-order chi connectivity index (χ1) is 12.6. The summed E-state index contributed by atoms with van der Waals surface area (Å²) in [6, 6.07) is 16.1. The number of nitrogens with one attached hydrogen (secondary N) is 1. The number of aryl methyl sites for hydroxylation is 3. The van der Waals surface area contributed by atoms with Gasteiger partial charge < -0.3 is 9.88 Å². The Kier molecular flexibility index (Phi) is 5.19. The van der Waals surface area contributed by atoms with Gasteiger partial charge in [0.15, 0.2) is 0 Å². The van der Waals surface area contributed by atoms with Gasteiger partial charge in [-0.1, -0.05) is 35.9 Å². The van der Waals surface area contributed by atoms with Gasteiger partial charge in [0.1, 0.15) is 0 Å². The third-order valence-electron chi connectivity index (χ3n) is 4.34. The van der Waals surface area contributed by atoms with E-state index in [2.05, 4.69) is 16.0 Å². The van der Waals surface area contributed by atoms with Gasteiger partial charge in [0.05, 0.1) is 12.5 Å². The summed E-state index contributed by atoms with van der Waals surface area (Å²) in [7, 11) is 0. The summed E-state index contributed by atoms with van der Waals surface area (Å²) in [5, 5.41) is 12.8. The third-order valence-corrected chi connectivity index (χ3v) is 4.34. The maximum atomic E-state index is 12.3. The van der Waals surface area contributed by atoms with Crippen LogP contribution in [0.25, 0.3) is 17.0 Å². The number of nitrogens with zero attached hydrogens (tertiary/aromatic N) is 2. The topological polar surface area (TPSA) is 57.8 Å². The van der Waals surface area contributed by atoms with E-state index in [1.54, 1.807) is 6.08 Å². The fraction of sp³-hybridized carbons (Fsp3) is 0.182. The van der Waals surface area contributed by atoms with Crippen LogP contribution in [0.3, 0.4) is 0 Å². The van der Waals surface area contributed by atoms with E-state index in [1.165, 1.54) is 5.56 Å². The molecule has 1 heterocycles. The zero-order valence-electron chi connectivity index (χ0n) is 15.0. The number of amides is 1. The highest BCUT2D eigenvalue weighted by Crippen LogP contribution is 2.23. The molecule has 0 fully saturated rings. The Balaban J connectivity index is 1.81. The molecule has 1 amide bonds. The second-order valence-electron chi connectivity index (χ2n) is 6.34. The van der Waals surface area contributed by atoms with Gasteiger partial charge in [-0.3, -0.25) is 4.79 Å². The highest BCUT2D eigenvalue weighted by Gasteiger charge is 2.07. The number of carbonyl (C=O) groups excluding carboxylic acids is 1. The van der Waals surface area contributed by atoms with Crippen LogP contribution in [-0.2, 0) is 11.3 Å². The molecule has 0 saturated carbocycles. The summed E-state index contributed by atoms with van der Waals surface area (Å²) in [6.45, 7) is 4.65. The molecule has 0 unspecified atom stereocenters. The van der Waals surface area contributed by atoms with Gasteiger partial charge in [-0.15, -0.1) is 0 Å². The van der Waals surface area contributed by atoms with E-state index in [-0.39, 0.29) is 5.91 Å². The van der Waals surface area contributed by atoms with Crippen molar-refractivity contribution in [2.24, 2.45) is 0 Å². The Morgan fingerprint density at radius 2 is 2.04 bits per heavy atom. The highest BCUT2D eigenvalue weighted by atomic mass is 16.1. The van der Waals surface area contributed by atoms with Crippen LogP contribution >= 0.6 is 0 Å². The number of fused-ring (bicyclic) bond motifs is 1. The Labute approximate surface area is 153 Å². The molecule has 0 aliphatic rings. The molecule has 1 N–H and O–H groups in total. The predicted octanol–water partition coefficient (Wildman–Crippen LogP) is 4.82. The molecular formula is C22H21N3O. The standard InChI is InChI=1S/C22H21N3O/c1-16-8-10-20(17(2)14-16)24-22(26)11-9-18-15-25(13-5-12-23)21-7-4-3-6-19(18)21/h3-4,6-11,14-15H,5,13H2,1-2H3,(H,24,26)/b11-9+. The van der Waals surface area contributed by atoms with Crippen LogP contribution in [0.15, 0.2) is 54.7 Å². The molecule has 4 heteroatoms. The molecule has 0 spiro atoms. The summed E-state index contributed by atoms with van der Waals surface area (Å²) in [6.07, 6.45) is 5.82. The lowest BCUT2D eigenvalue weighted by molar-refractivity contribution is -0.111. The lowest BCUT2D eigenvalue weighted by atomic mass is 10.1. The molecule has 0 atom stereocenters. The zero-order valence-corrected chi connectivity index (χ0v) is 15.0. The first kappa shape index (κ1) is 17.5. The van der Waals surface area contributed by atoms with Crippen molar-refractivity contribution < 1.29 is 4.79 Å². The molecule has 2 aromatic carbocycles. The first-order valence-corrected chi connectivity index (χ1v) is 8.59. The van der Waals surface area contributed by atoms with E-state index in [4.69, 9.17) is 5.26 Å². The second-order valence-corrected chi connectivity index (χ2v) is 6.34. The largest absolute Gasteiger partial charge is 0.346 e. The number of aromatic nitrogens is 1. The van der Waals surface area contributed by atoms with Crippen LogP contribution < -0.4 is 5.32 Å². The monoisotopic (exact) mass is 343 g/mol. The Morgan fingerprint density at radius 3 is 2.81 bits per heavy atom. The van der Waals surface area contributed by atoms with E-state index >= 15 is 0 Å². The molecule has 0 aliphatic heterocycles. The van der Waals surface area contributed by atoms with Gasteiger partial charge in [-0.25, -0.2) is 0 Å². The number of hydrogen-bond donors (Lipinski definition) is 1. The van der Waals surface area contributed by atoms with Gasteiger partial charge in [-0.2, -0.15) is 5.26 Å². The van der Waals surface area contributed by atoms with Gasteiger partial charge >= 0.3 is 0 Å². The van der Waals surface area contributed by atoms with Gasteiger partial charge in [0.25, 0.3) is 0 Å². The van der Waals surface area contributed by atoms with Crippen molar-refractivity contribution in [3.8, 4) is 6.07 Å². The van der Waals surface area contributed by atoms with Crippen LogP contribution in [-0.4, -0.2) is 10.5 Å². The lowest BCUT2D eigenvalue weighted by Gasteiger charge is -2.06. The summed E-state index contributed by atoms with van der Waals surface area (Å²) in [5.74, 6) is -0.161. The number of hydrogen-bond acceptors (Lipinski definition) is 2. The van der Waals surface area contributed by atoms with Crippen molar-refractivity contribution in [3.63, 3.8) is 0 Å². The number of anilines is 1. The molecule has 4 nitrogen and oxygen atoms in total. The number of carbonyl (C=O) groups is 1.